The number of anilines is 1. The topological polar surface area (TPSA) is 75.7 Å². The molecule has 2 amide bonds. The van der Waals surface area contributed by atoms with E-state index in [1.165, 1.54) is 19.3 Å². The maximum Gasteiger partial charge on any atom is 0.312 e. The lowest BCUT2D eigenvalue weighted by Crippen LogP contribution is -2.50. The van der Waals surface area contributed by atoms with Crippen LogP contribution in [0.25, 0.3) is 0 Å². The van der Waals surface area contributed by atoms with Gasteiger partial charge in [-0.1, -0.05) is 0 Å². The lowest BCUT2D eigenvalue weighted by Gasteiger charge is -2.55. The van der Waals surface area contributed by atoms with Crippen molar-refractivity contribution in [2.24, 2.45) is 23.2 Å². The van der Waals surface area contributed by atoms with Crippen LogP contribution in [-0.4, -0.2) is 42.4 Å². The van der Waals surface area contributed by atoms with Crippen LogP contribution in [-0.2, 0) is 14.3 Å². The van der Waals surface area contributed by atoms with Gasteiger partial charge in [0.25, 0.3) is 11.8 Å². The van der Waals surface area contributed by atoms with Gasteiger partial charge in [-0.3, -0.25) is 14.4 Å². The second-order valence-electron chi connectivity index (χ2n) is 9.38. The van der Waals surface area contributed by atoms with Crippen molar-refractivity contribution in [1.82, 2.24) is 4.90 Å². The third-order valence-corrected chi connectivity index (χ3v) is 7.27. The molecule has 0 radical (unpaired) electrons. The Morgan fingerprint density at radius 3 is 2.00 bits per heavy atom. The minimum Gasteiger partial charge on any atom is -0.455 e. The number of amides is 2. The minimum absolute atomic E-state index is 0.0256. The SMILES string of the molecule is CCN(CC)C(=O)c1ccc(NC(=O)COC(=O)C23CC4CC(CC(C4)C2)C3)cc1. The first-order chi connectivity index (χ1) is 14.4. The quantitative estimate of drug-likeness (QED) is 0.690. The van der Waals surface area contributed by atoms with Crippen LogP contribution in [0.3, 0.4) is 0 Å². The molecule has 0 aromatic heterocycles. The first kappa shape index (κ1) is 20.9. The molecule has 4 aliphatic carbocycles. The molecule has 0 unspecified atom stereocenters. The maximum absolute atomic E-state index is 12.8. The summed E-state index contributed by atoms with van der Waals surface area (Å²) in [6.07, 6.45) is 6.59. The second kappa shape index (κ2) is 8.40. The number of ether oxygens (including phenoxy) is 1. The Balaban J connectivity index is 1.29. The zero-order chi connectivity index (χ0) is 21.3. The molecule has 6 nitrogen and oxygen atoms in total. The first-order valence-corrected chi connectivity index (χ1v) is 11.3. The molecular formula is C24H32N2O4. The number of hydrogen-bond acceptors (Lipinski definition) is 4. The summed E-state index contributed by atoms with van der Waals surface area (Å²) < 4.78 is 5.47. The number of benzene rings is 1. The first-order valence-electron chi connectivity index (χ1n) is 11.3. The van der Waals surface area contributed by atoms with Crippen molar-refractivity contribution in [3.05, 3.63) is 29.8 Å². The standard InChI is InChI=1S/C24H32N2O4/c1-3-26(4-2)22(28)19-5-7-20(8-6-19)25-21(27)15-30-23(29)24-12-16-9-17(13-24)11-18(10-16)14-24/h5-8,16-18H,3-4,9-15H2,1-2H3,(H,25,27). The van der Waals surface area contributed by atoms with Gasteiger partial charge in [-0.25, -0.2) is 0 Å². The van der Waals surface area contributed by atoms with E-state index in [1.807, 2.05) is 13.8 Å². The second-order valence-corrected chi connectivity index (χ2v) is 9.38. The van der Waals surface area contributed by atoms with E-state index in [0.29, 0.717) is 42.1 Å². The van der Waals surface area contributed by atoms with Gasteiger partial charge in [-0.2, -0.15) is 0 Å². The highest BCUT2D eigenvalue weighted by Gasteiger charge is 2.55. The lowest BCUT2D eigenvalue weighted by molar-refractivity contribution is -0.172. The van der Waals surface area contributed by atoms with E-state index in [-0.39, 0.29) is 29.8 Å². The minimum atomic E-state index is -0.351. The van der Waals surface area contributed by atoms with Gasteiger partial charge >= 0.3 is 5.97 Å². The zero-order valence-electron chi connectivity index (χ0n) is 18.0. The molecule has 4 saturated carbocycles. The molecule has 1 aromatic carbocycles. The van der Waals surface area contributed by atoms with Gasteiger partial charge in [0.1, 0.15) is 0 Å². The van der Waals surface area contributed by atoms with Gasteiger partial charge in [0.2, 0.25) is 0 Å². The third-order valence-electron chi connectivity index (χ3n) is 7.27. The third kappa shape index (κ3) is 4.09. The van der Waals surface area contributed by atoms with Crippen molar-refractivity contribution in [2.75, 3.05) is 25.0 Å². The summed E-state index contributed by atoms with van der Waals surface area (Å²) in [5, 5.41) is 2.75. The van der Waals surface area contributed by atoms with Crippen LogP contribution in [0, 0.1) is 23.2 Å². The lowest BCUT2D eigenvalue weighted by atomic mass is 9.49. The number of carbonyl (C=O) groups excluding carboxylic acids is 3. The predicted octanol–water partition coefficient (Wildman–Crippen LogP) is 3.87. The van der Waals surface area contributed by atoms with E-state index in [0.717, 1.165) is 19.3 Å². The Bertz CT molecular complexity index is 778. The molecular weight excluding hydrogens is 380 g/mol. The molecule has 0 saturated heterocycles. The van der Waals surface area contributed by atoms with Crippen molar-refractivity contribution in [1.29, 1.82) is 0 Å². The smallest absolute Gasteiger partial charge is 0.312 e. The number of nitrogens with one attached hydrogen (secondary N) is 1. The maximum atomic E-state index is 12.8. The molecule has 4 fully saturated rings. The fourth-order valence-electron chi connectivity index (χ4n) is 6.23. The number of carbonyl (C=O) groups is 3. The van der Waals surface area contributed by atoms with Gasteiger partial charge in [0, 0.05) is 24.3 Å². The molecule has 6 heteroatoms. The Kier molecular flexibility index (Phi) is 5.85. The molecule has 0 aliphatic heterocycles. The zero-order valence-corrected chi connectivity index (χ0v) is 18.0. The Morgan fingerprint density at radius 1 is 0.967 bits per heavy atom. The van der Waals surface area contributed by atoms with E-state index >= 15 is 0 Å². The van der Waals surface area contributed by atoms with Crippen molar-refractivity contribution >= 4 is 23.5 Å². The summed E-state index contributed by atoms with van der Waals surface area (Å²) in [4.78, 5) is 39.3. The number of esters is 1. The molecule has 1 N–H and O–H groups in total. The Morgan fingerprint density at radius 2 is 1.50 bits per heavy atom. The largest absolute Gasteiger partial charge is 0.455 e. The van der Waals surface area contributed by atoms with Crippen molar-refractivity contribution < 1.29 is 19.1 Å². The molecule has 162 valence electrons. The number of rotatable bonds is 7. The molecule has 5 rings (SSSR count). The molecule has 4 aliphatic rings. The Labute approximate surface area is 178 Å². The van der Waals surface area contributed by atoms with Crippen LogP contribution in [0.4, 0.5) is 5.69 Å². The van der Waals surface area contributed by atoms with Crippen LogP contribution in [0.2, 0.25) is 0 Å². The fourth-order valence-corrected chi connectivity index (χ4v) is 6.23. The number of nitrogens with zero attached hydrogens (tertiary/aromatic N) is 1. The normalized spacial score (nSPS) is 28.8. The highest BCUT2D eigenvalue weighted by molar-refractivity contribution is 5.96. The van der Waals surface area contributed by atoms with E-state index in [9.17, 15) is 14.4 Å². The van der Waals surface area contributed by atoms with Crippen LogP contribution >= 0.6 is 0 Å². The van der Waals surface area contributed by atoms with E-state index in [4.69, 9.17) is 4.74 Å². The monoisotopic (exact) mass is 412 g/mol. The Hall–Kier alpha value is -2.37. The highest BCUT2D eigenvalue weighted by Crippen LogP contribution is 2.60. The summed E-state index contributed by atoms with van der Waals surface area (Å²) in [5.74, 6) is 1.43. The van der Waals surface area contributed by atoms with E-state index in [1.54, 1.807) is 29.2 Å². The molecule has 1 aromatic rings. The molecule has 0 atom stereocenters. The van der Waals surface area contributed by atoms with Crippen molar-refractivity contribution in [3.63, 3.8) is 0 Å². The highest BCUT2D eigenvalue weighted by atomic mass is 16.5. The molecule has 4 bridgehead atoms. The van der Waals surface area contributed by atoms with Gasteiger partial charge < -0.3 is 15.0 Å². The predicted molar refractivity (Wildman–Crippen MR) is 114 cm³/mol. The van der Waals surface area contributed by atoms with E-state index < -0.39 is 0 Å². The van der Waals surface area contributed by atoms with E-state index in [2.05, 4.69) is 5.32 Å². The summed E-state index contributed by atoms with van der Waals surface area (Å²) in [7, 11) is 0. The van der Waals surface area contributed by atoms with Crippen LogP contribution in [0.15, 0.2) is 24.3 Å². The molecule has 0 heterocycles. The molecule has 30 heavy (non-hydrogen) atoms. The summed E-state index contributed by atoms with van der Waals surface area (Å²) in [5.41, 5.74) is 0.827. The number of hydrogen-bond donors (Lipinski definition) is 1. The summed E-state index contributed by atoms with van der Waals surface area (Å²) >= 11 is 0. The van der Waals surface area contributed by atoms with Crippen molar-refractivity contribution in [3.8, 4) is 0 Å². The molecule has 0 spiro atoms. The van der Waals surface area contributed by atoms with Crippen LogP contribution in [0.5, 0.6) is 0 Å². The fraction of sp³-hybridized carbons (Fsp3) is 0.625. The van der Waals surface area contributed by atoms with Gasteiger partial charge in [-0.15, -0.1) is 0 Å². The van der Waals surface area contributed by atoms with Gasteiger partial charge in [0.05, 0.1) is 5.41 Å². The van der Waals surface area contributed by atoms with Crippen molar-refractivity contribution in [2.45, 2.75) is 52.4 Å². The van der Waals surface area contributed by atoms with Crippen LogP contribution < -0.4 is 5.32 Å². The van der Waals surface area contributed by atoms with Gasteiger partial charge in [0.15, 0.2) is 6.61 Å². The average Bonchev–Trinajstić information content (AvgIpc) is 2.72. The average molecular weight is 413 g/mol. The summed E-state index contributed by atoms with van der Waals surface area (Å²) in [6, 6.07) is 6.82. The van der Waals surface area contributed by atoms with Crippen LogP contribution in [0.1, 0.15) is 62.7 Å². The summed E-state index contributed by atoms with van der Waals surface area (Å²) in [6.45, 7) is 4.94. The van der Waals surface area contributed by atoms with Gasteiger partial charge in [-0.05, 0) is 94.4 Å².